The van der Waals surface area contributed by atoms with Crippen molar-refractivity contribution in [1.29, 1.82) is 0 Å². The molecule has 132 valence electrons. The van der Waals surface area contributed by atoms with Gasteiger partial charge in [-0.1, -0.05) is 6.07 Å². The number of fused-ring (bicyclic) bond motifs is 1. The van der Waals surface area contributed by atoms with Crippen LogP contribution < -0.4 is 5.73 Å². The van der Waals surface area contributed by atoms with E-state index in [4.69, 9.17) is 5.73 Å². The SMILES string of the molecule is NCCCC(=O)N1CCN(S(=O)(=O)c2ccc3c(c2)CCC3)CC1. The van der Waals surface area contributed by atoms with Crippen molar-refractivity contribution in [2.75, 3.05) is 32.7 Å². The molecule has 7 heteroatoms. The number of carbonyl (C=O) groups excluding carboxylic acids is 1. The smallest absolute Gasteiger partial charge is 0.243 e. The molecule has 1 fully saturated rings. The van der Waals surface area contributed by atoms with Crippen LogP contribution in [0.2, 0.25) is 0 Å². The first-order valence-corrected chi connectivity index (χ1v) is 10.1. The van der Waals surface area contributed by atoms with Crippen LogP contribution in [0.15, 0.2) is 23.1 Å². The van der Waals surface area contributed by atoms with Crippen LogP contribution in [0, 0.1) is 0 Å². The van der Waals surface area contributed by atoms with Crippen LogP contribution >= 0.6 is 0 Å². The number of rotatable bonds is 5. The number of sulfonamides is 1. The Morgan fingerprint density at radius 1 is 1.08 bits per heavy atom. The molecule has 1 amide bonds. The van der Waals surface area contributed by atoms with E-state index >= 15 is 0 Å². The zero-order valence-corrected chi connectivity index (χ0v) is 14.7. The monoisotopic (exact) mass is 351 g/mol. The lowest BCUT2D eigenvalue weighted by atomic mass is 10.1. The van der Waals surface area contributed by atoms with Gasteiger partial charge in [0.1, 0.15) is 0 Å². The Kier molecular flexibility index (Phi) is 5.22. The minimum absolute atomic E-state index is 0.0648. The maximum Gasteiger partial charge on any atom is 0.243 e. The van der Waals surface area contributed by atoms with Gasteiger partial charge in [-0.2, -0.15) is 4.31 Å². The average molecular weight is 351 g/mol. The second-order valence-corrected chi connectivity index (χ2v) is 8.40. The number of carbonyl (C=O) groups is 1. The third-order valence-corrected chi connectivity index (χ3v) is 6.79. The van der Waals surface area contributed by atoms with E-state index in [1.807, 2.05) is 12.1 Å². The molecule has 24 heavy (non-hydrogen) atoms. The maximum atomic E-state index is 12.8. The molecular formula is C17H25N3O3S. The minimum Gasteiger partial charge on any atom is -0.340 e. The first-order valence-electron chi connectivity index (χ1n) is 8.62. The Bertz CT molecular complexity index is 710. The van der Waals surface area contributed by atoms with Gasteiger partial charge in [0.15, 0.2) is 0 Å². The molecular weight excluding hydrogens is 326 g/mol. The van der Waals surface area contributed by atoms with Crippen LogP contribution in [0.3, 0.4) is 0 Å². The Morgan fingerprint density at radius 3 is 2.50 bits per heavy atom. The molecule has 1 aromatic carbocycles. The molecule has 0 unspecified atom stereocenters. The fourth-order valence-electron chi connectivity index (χ4n) is 3.45. The molecule has 0 radical (unpaired) electrons. The summed E-state index contributed by atoms with van der Waals surface area (Å²) in [5.41, 5.74) is 7.86. The van der Waals surface area contributed by atoms with Crippen LogP contribution in [-0.4, -0.2) is 56.3 Å². The molecule has 1 heterocycles. The summed E-state index contributed by atoms with van der Waals surface area (Å²) in [6.07, 6.45) is 4.21. The molecule has 0 bridgehead atoms. The molecule has 2 aliphatic rings. The summed E-state index contributed by atoms with van der Waals surface area (Å²) in [4.78, 5) is 14.1. The first kappa shape index (κ1) is 17.4. The van der Waals surface area contributed by atoms with E-state index in [0.29, 0.717) is 50.5 Å². The van der Waals surface area contributed by atoms with Crippen LogP contribution in [0.25, 0.3) is 0 Å². The fourth-order valence-corrected chi connectivity index (χ4v) is 4.92. The maximum absolute atomic E-state index is 12.8. The number of hydrogen-bond acceptors (Lipinski definition) is 4. The molecule has 3 rings (SSSR count). The van der Waals surface area contributed by atoms with Gasteiger partial charge in [-0.3, -0.25) is 4.79 Å². The predicted octanol–water partition coefficient (Wildman–Crippen LogP) is 0.747. The van der Waals surface area contributed by atoms with Crippen LogP contribution in [0.5, 0.6) is 0 Å². The molecule has 1 aromatic rings. The molecule has 0 aromatic heterocycles. The standard InChI is InChI=1S/C17H25N3O3S/c18-8-2-5-17(21)19-9-11-20(12-10-19)24(22,23)16-7-6-14-3-1-4-15(14)13-16/h6-7,13H,1-5,8-12,18H2. The lowest BCUT2D eigenvalue weighted by Crippen LogP contribution is -2.50. The van der Waals surface area contributed by atoms with E-state index in [-0.39, 0.29) is 5.91 Å². The summed E-state index contributed by atoms with van der Waals surface area (Å²) in [6, 6.07) is 5.50. The molecule has 1 aliphatic carbocycles. The number of aryl methyl sites for hydroxylation is 2. The van der Waals surface area contributed by atoms with Crippen molar-refractivity contribution in [3.8, 4) is 0 Å². The molecule has 6 nitrogen and oxygen atoms in total. The number of benzene rings is 1. The summed E-state index contributed by atoms with van der Waals surface area (Å²) >= 11 is 0. The van der Waals surface area contributed by atoms with Gasteiger partial charge < -0.3 is 10.6 Å². The predicted molar refractivity (Wildman–Crippen MR) is 92.1 cm³/mol. The van der Waals surface area contributed by atoms with Crippen molar-refractivity contribution in [3.63, 3.8) is 0 Å². The highest BCUT2D eigenvalue weighted by Crippen LogP contribution is 2.26. The molecule has 0 atom stereocenters. The normalized spacial score (nSPS) is 18.6. The largest absolute Gasteiger partial charge is 0.340 e. The van der Waals surface area contributed by atoms with Gasteiger partial charge >= 0.3 is 0 Å². The zero-order valence-electron chi connectivity index (χ0n) is 13.9. The summed E-state index contributed by atoms with van der Waals surface area (Å²) in [5, 5.41) is 0. The lowest BCUT2D eigenvalue weighted by Gasteiger charge is -2.34. The fraction of sp³-hybridized carbons (Fsp3) is 0.588. The Morgan fingerprint density at radius 2 is 1.79 bits per heavy atom. The van der Waals surface area contributed by atoms with Crippen LogP contribution in [0.1, 0.15) is 30.4 Å². The van der Waals surface area contributed by atoms with E-state index in [0.717, 1.165) is 24.8 Å². The number of nitrogens with zero attached hydrogens (tertiary/aromatic N) is 2. The van der Waals surface area contributed by atoms with Gasteiger partial charge in [0.05, 0.1) is 4.90 Å². The van der Waals surface area contributed by atoms with Gasteiger partial charge in [0.25, 0.3) is 0 Å². The minimum atomic E-state index is -3.47. The second kappa shape index (κ2) is 7.21. The quantitative estimate of drug-likeness (QED) is 0.848. The molecule has 0 spiro atoms. The highest BCUT2D eigenvalue weighted by Gasteiger charge is 2.30. The second-order valence-electron chi connectivity index (χ2n) is 6.46. The van der Waals surface area contributed by atoms with Crippen molar-refractivity contribution < 1.29 is 13.2 Å². The number of nitrogens with two attached hydrogens (primary N) is 1. The summed E-state index contributed by atoms with van der Waals surface area (Å²) < 4.78 is 27.2. The number of amides is 1. The van der Waals surface area contributed by atoms with Crippen molar-refractivity contribution in [2.45, 2.75) is 37.0 Å². The molecule has 0 saturated carbocycles. The molecule has 1 saturated heterocycles. The van der Waals surface area contributed by atoms with Gasteiger partial charge in [0, 0.05) is 32.6 Å². The van der Waals surface area contributed by atoms with Crippen LogP contribution in [-0.2, 0) is 27.7 Å². The van der Waals surface area contributed by atoms with E-state index < -0.39 is 10.0 Å². The van der Waals surface area contributed by atoms with E-state index in [2.05, 4.69) is 0 Å². The average Bonchev–Trinajstić information content (AvgIpc) is 3.07. The summed E-state index contributed by atoms with van der Waals surface area (Å²) in [6.45, 7) is 2.11. The lowest BCUT2D eigenvalue weighted by molar-refractivity contribution is -0.132. The van der Waals surface area contributed by atoms with Crippen LogP contribution in [0.4, 0.5) is 0 Å². The van der Waals surface area contributed by atoms with Gasteiger partial charge in [-0.25, -0.2) is 8.42 Å². The van der Waals surface area contributed by atoms with E-state index in [1.165, 1.54) is 9.87 Å². The highest BCUT2D eigenvalue weighted by molar-refractivity contribution is 7.89. The first-order chi connectivity index (χ1) is 11.5. The Balaban J connectivity index is 1.66. The van der Waals surface area contributed by atoms with E-state index in [1.54, 1.807) is 11.0 Å². The van der Waals surface area contributed by atoms with Gasteiger partial charge in [-0.05, 0) is 55.5 Å². The summed E-state index contributed by atoms with van der Waals surface area (Å²) in [7, 11) is -3.47. The Labute approximate surface area is 143 Å². The number of hydrogen-bond donors (Lipinski definition) is 1. The van der Waals surface area contributed by atoms with Gasteiger partial charge in [0.2, 0.25) is 15.9 Å². The van der Waals surface area contributed by atoms with E-state index in [9.17, 15) is 13.2 Å². The zero-order chi connectivity index (χ0) is 17.2. The van der Waals surface area contributed by atoms with Gasteiger partial charge in [-0.15, -0.1) is 0 Å². The van der Waals surface area contributed by atoms with Crippen molar-refractivity contribution in [1.82, 2.24) is 9.21 Å². The Hall–Kier alpha value is -1.44. The van der Waals surface area contributed by atoms with Crippen molar-refractivity contribution >= 4 is 15.9 Å². The highest BCUT2D eigenvalue weighted by atomic mass is 32.2. The topological polar surface area (TPSA) is 83.7 Å². The number of piperazine rings is 1. The van der Waals surface area contributed by atoms with Crippen molar-refractivity contribution in [2.24, 2.45) is 5.73 Å². The molecule has 1 aliphatic heterocycles. The third-order valence-electron chi connectivity index (χ3n) is 4.89. The summed E-state index contributed by atoms with van der Waals surface area (Å²) in [5.74, 6) is 0.0648. The third kappa shape index (κ3) is 3.48. The molecule has 2 N–H and O–H groups in total. The van der Waals surface area contributed by atoms with Crippen molar-refractivity contribution in [3.05, 3.63) is 29.3 Å².